The van der Waals surface area contributed by atoms with Gasteiger partial charge in [0.1, 0.15) is 5.82 Å². The van der Waals surface area contributed by atoms with Gasteiger partial charge in [-0.15, -0.1) is 0 Å². The van der Waals surface area contributed by atoms with Crippen molar-refractivity contribution in [3.05, 3.63) is 29.8 Å². The molecule has 72 valence electrons. The number of aromatic nitrogens is 2. The number of anilines is 1. The Hall–Kier alpha value is -1.91. The predicted octanol–water partition coefficient (Wildman–Crippen LogP) is 1.77. The molecular formula is C9H8FN3O. The average molecular weight is 193 g/mol. The van der Waals surface area contributed by atoms with Crippen LogP contribution in [-0.4, -0.2) is 10.1 Å². The smallest absolute Gasteiger partial charge is 0.260 e. The van der Waals surface area contributed by atoms with Gasteiger partial charge in [-0.3, -0.25) is 0 Å². The maximum absolute atomic E-state index is 12.7. The largest absolute Gasteiger partial charge is 0.398 e. The van der Waals surface area contributed by atoms with E-state index in [0.29, 0.717) is 17.3 Å². The summed E-state index contributed by atoms with van der Waals surface area (Å²) >= 11 is 0. The van der Waals surface area contributed by atoms with Crippen LogP contribution in [0.2, 0.25) is 0 Å². The third-order valence-corrected chi connectivity index (χ3v) is 1.77. The fraction of sp³-hybridized carbons (Fsp3) is 0.111. The minimum atomic E-state index is -0.387. The molecule has 0 aliphatic heterocycles. The number of hydrogen-bond acceptors (Lipinski definition) is 4. The van der Waals surface area contributed by atoms with Crippen molar-refractivity contribution in [3.8, 4) is 11.5 Å². The van der Waals surface area contributed by atoms with Crippen LogP contribution in [0.15, 0.2) is 22.7 Å². The first-order chi connectivity index (χ1) is 6.66. The highest BCUT2D eigenvalue weighted by atomic mass is 19.1. The Morgan fingerprint density at radius 1 is 1.43 bits per heavy atom. The molecule has 4 nitrogen and oxygen atoms in total. The number of nitrogens with two attached hydrogens (primary N) is 1. The molecule has 0 spiro atoms. The summed E-state index contributed by atoms with van der Waals surface area (Å²) in [5.41, 5.74) is 6.43. The molecule has 2 aromatic rings. The lowest BCUT2D eigenvalue weighted by Crippen LogP contribution is -1.91. The Balaban J connectivity index is 2.52. The Labute approximate surface area is 79.5 Å². The molecule has 1 aromatic heterocycles. The molecule has 0 unspecified atom stereocenters. The number of rotatable bonds is 1. The molecule has 1 aromatic carbocycles. The molecule has 0 aliphatic carbocycles. The van der Waals surface area contributed by atoms with E-state index in [1.807, 2.05) is 0 Å². The molecule has 0 fully saturated rings. The second-order valence-corrected chi connectivity index (χ2v) is 2.88. The molecule has 0 saturated heterocycles. The molecular weight excluding hydrogens is 185 g/mol. The molecule has 1 heterocycles. The van der Waals surface area contributed by atoms with Crippen molar-refractivity contribution in [1.29, 1.82) is 0 Å². The Morgan fingerprint density at radius 2 is 2.21 bits per heavy atom. The zero-order valence-corrected chi connectivity index (χ0v) is 7.49. The maximum Gasteiger partial charge on any atom is 0.260 e. The topological polar surface area (TPSA) is 64.9 Å². The van der Waals surface area contributed by atoms with Crippen LogP contribution in [0.5, 0.6) is 0 Å². The van der Waals surface area contributed by atoms with Crippen LogP contribution in [0.4, 0.5) is 10.1 Å². The number of benzene rings is 1. The van der Waals surface area contributed by atoms with E-state index in [-0.39, 0.29) is 11.5 Å². The van der Waals surface area contributed by atoms with Gasteiger partial charge in [0.25, 0.3) is 5.89 Å². The number of nitrogens with zero attached hydrogens (tertiary/aromatic N) is 2. The summed E-state index contributed by atoms with van der Waals surface area (Å²) in [4.78, 5) is 3.99. The predicted molar refractivity (Wildman–Crippen MR) is 48.8 cm³/mol. The summed E-state index contributed by atoms with van der Waals surface area (Å²) in [5, 5.41) is 3.62. The number of hydrogen-bond donors (Lipinski definition) is 1. The van der Waals surface area contributed by atoms with Gasteiger partial charge in [0.15, 0.2) is 5.82 Å². The highest BCUT2D eigenvalue weighted by Gasteiger charge is 2.09. The van der Waals surface area contributed by atoms with E-state index < -0.39 is 0 Å². The number of aryl methyl sites for hydroxylation is 1. The summed E-state index contributed by atoms with van der Waals surface area (Å²) in [7, 11) is 0. The van der Waals surface area contributed by atoms with Gasteiger partial charge in [0.2, 0.25) is 0 Å². The summed E-state index contributed by atoms with van der Waals surface area (Å²) in [6.07, 6.45) is 0. The molecule has 2 rings (SSSR count). The molecule has 2 N–H and O–H groups in total. The van der Waals surface area contributed by atoms with Crippen LogP contribution < -0.4 is 5.73 Å². The Morgan fingerprint density at radius 3 is 2.79 bits per heavy atom. The van der Waals surface area contributed by atoms with Crippen molar-refractivity contribution in [2.45, 2.75) is 6.92 Å². The van der Waals surface area contributed by atoms with Crippen LogP contribution >= 0.6 is 0 Å². The van der Waals surface area contributed by atoms with Crippen LogP contribution in [0, 0.1) is 12.7 Å². The zero-order chi connectivity index (χ0) is 10.1. The Kier molecular flexibility index (Phi) is 1.92. The number of nitrogen functional groups attached to an aromatic ring is 1. The molecule has 0 amide bonds. The lowest BCUT2D eigenvalue weighted by molar-refractivity contribution is 0.425. The quantitative estimate of drug-likeness (QED) is 0.701. The van der Waals surface area contributed by atoms with Crippen LogP contribution in [-0.2, 0) is 0 Å². The highest BCUT2D eigenvalue weighted by molar-refractivity contribution is 5.70. The van der Waals surface area contributed by atoms with Crippen molar-refractivity contribution in [2.24, 2.45) is 0 Å². The maximum atomic E-state index is 12.7. The standard InChI is InChI=1S/C9H8FN3O/c1-5-12-9(14-13-5)7-3-2-6(10)4-8(7)11/h2-4H,11H2,1H3. The molecule has 0 saturated carbocycles. The molecule has 0 aliphatic rings. The van der Waals surface area contributed by atoms with Gasteiger partial charge in [0, 0.05) is 5.69 Å². The lowest BCUT2D eigenvalue weighted by atomic mass is 10.2. The SMILES string of the molecule is Cc1noc(-c2ccc(F)cc2N)n1. The lowest BCUT2D eigenvalue weighted by Gasteiger charge is -1.99. The van der Waals surface area contributed by atoms with Gasteiger partial charge in [-0.05, 0) is 25.1 Å². The van der Waals surface area contributed by atoms with Crippen molar-refractivity contribution < 1.29 is 8.91 Å². The van der Waals surface area contributed by atoms with E-state index >= 15 is 0 Å². The third kappa shape index (κ3) is 1.44. The molecule has 5 heteroatoms. The molecule has 0 atom stereocenters. The van der Waals surface area contributed by atoms with Crippen molar-refractivity contribution in [3.63, 3.8) is 0 Å². The first-order valence-electron chi connectivity index (χ1n) is 4.02. The van der Waals surface area contributed by atoms with E-state index in [1.165, 1.54) is 18.2 Å². The highest BCUT2D eigenvalue weighted by Crippen LogP contribution is 2.24. The fourth-order valence-electron chi connectivity index (χ4n) is 1.13. The zero-order valence-electron chi connectivity index (χ0n) is 7.49. The average Bonchev–Trinajstić information content (AvgIpc) is 2.51. The van der Waals surface area contributed by atoms with E-state index in [0.717, 1.165) is 0 Å². The van der Waals surface area contributed by atoms with E-state index in [4.69, 9.17) is 10.3 Å². The van der Waals surface area contributed by atoms with Gasteiger partial charge >= 0.3 is 0 Å². The molecule has 0 bridgehead atoms. The van der Waals surface area contributed by atoms with Gasteiger partial charge in [-0.2, -0.15) is 4.98 Å². The first-order valence-corrected chi connectivity index (χ1v) is 4.02. The van der Waals surface area contributed by atoms with E-state index in [1.54, 1.807) is 6.92 Å². The van der Waals surface area contributed by atoms with Crippen LogP contribution in [0.25, 0.3) is 11.5 Å². The summed E-state index contributed by atoms with van der Waals surface area (Å²) in [6.45, 7) is 1.70. The van der Waals surface area contributed by atoms with Gasteiger partial charge in [-0.25, -0.2) is 4.39 Å². The minimum Gasteiger partial charge on any atom is -0.398 e. The van der Waals surface area contributed by atoms with Gasteiger partial charge in [0.05, 0.1) is 5.56 Å². The normalized spacial score (nSPS) is 10.4. The summed E-state index contributed by atoms with van der Waals surface area (Å²) < 4.78 is 17.6. The van der Waals surface area contributed by atoms with Gasteiger partial charge in [-0.1, -0.05) is 5.16 Å². The minimum absolute atomic E-state index is 0.286. The second-order valence-electron chi connectivity index (χ2n) is 2.88. The van der Waals surface area contributed by atoms with Crippen LogP contribution in [0.3, 0.4) is 0 Å². The molecule has 14 heavy (non-hydrogen) atoms. The number of halogens is 1. The third-order valence-electron chi connectivity index (χ3n) is 1.77. The van der Waals surface area contributed by atoms with Crippen LogP contribution in [0.1, 0.15) is 5.82 Å². The van der Waals surface area contributed by atoms with Crippen molar-refractivity contribution >= 4 is 5.69 Å². The monoisotopic (exact) mass is 193 g/mol. The summed E-state index contributed by atoms with van der Waals surface area (Å²) in [6, 6.07) is 4.03. The summed E-state index contributed by atoms with van der Waals surface area (Å²) in [5.74, 6) is 0.436. The Bertz CT molecular complexity index is 467. The van der Waals surface area contributed by atoms with E-state index in [9.17, 15) is 4.39 Å². The van der Waals surface area contributed by atoms with Crippen molar-refractivity contribution in [2.75, 3.05) is 5.73 Å². The molecule has 0 radical (unpaired) electrons. The van der Waals surface area contributed by atoms with E-state index in [2.05, 4.69) is 10.1 Å². The fourth-order valence-corrected chi connectivity index (χ4v) is 1.13. The van der Waals surface area contributed by atoms with Crippen molar-refractivity contribution in [1.82, 2.24) is 10.1 Å². The second kappa shape index (κ2) is 3.10. The first kappa shape index (κ1) is 8.68. The van der Waals surface area contributed by atoms with Gasteiger partial charge < -0.3 is 10.3 Å².